The van der Waals surface area contributed by atoms with Gasteiger partial charge in [-0.25, -0.2) is 13.6 Å². The second-order valence-electron chi connectivity index (χ2n) is 5.91. The summed E-state index contributed by atoms with van der Waals surface area (Å²) < 4.78 is 33.1. The monoisotopic (exact) mass is 356 g/mol. The van der Waals surface area contributed by atoms with E-state index < -0.39 is 10.0 Å². The van der Waals surface area contributed by atoms with Gasteiger partial charge in [-0.2, -0.15) is 0 Å². The number of carbonyl (C=O) groups is 1. The van der Waals surface area contributed by atoms with E-state index in [1.54, 1.807) is 12.0 Å². The molecule has 1 aliphatic rings. The summed E-state index contributed by atoms with van der Waals surface area (Å²) in [7, 11) is -1.96. The summed E-state index contributed by atoms with van der Waals surface area (Å²) in [5.41, 5.74) is 1.03. The van der Waals surface area contributed by atoms with Crippen molar-refractivity contribution in [2.45, 2.75) is 19.8 Å². The van der Waals surface area contributed by atoms with E-state index in [1.165, 1.54) is 0 Å². The fourth-order valence-corrected chi connectivity index (χ4v) is 3.80. The van der Waals surface area contributed by atoms with Crippen molar-refractivity contribution in [3.63, 3.8) is 0 Å². The fraction of sp³-hybridized carbons (Fsp3) is 0.562. The number of hydrogen-bond acceptors (Lipinski definition) is 5. The molecule has 0 spiro atoms. The van der Waals surface area contributed by atoms with Gasteiger partial charge in [0.05, 0.1) is 19.5 Å². The number of benzene rings is 1. The molecule has 0 bridgehead atoms. The molecule has 134 valence electrons. The van der Waals surface area contributed by atoms with Gasteiger partial charge in [-0.05, 0) is 31.0 Å². The Morgan fingerprint density at radius 3 is 2.71 bits per heavy atom. The van der Waals surface area contributed by atoms with Crippen molar-refractivity contribution < 1.29 is 22.7 Å². The molecule has 1 fully saturated rings. The van der Waals surface area contributed by atoms with Crippen LogP contribution in [0.3, 0.4) is 0 Å². The first-order chi connectivity index (χ1) is 11.3. The first-order valence-electron chi connectivity index (χ1n) is 7.90. The molecule has 1 aromatic carbocycles. The van der Waals surface area contributed by atoms with Crippen LogP contribution >= 0.6 is 0 Å². The van der Waals surface area contributed by atoms with Crippen LogP contribution in [-0.2, 0) is 21.2 Å². The molecule has 8 heteroatoms. The third-order valence-electron chi connectivity index (χ3n) is 3.96. The molecule has 1 unspecified atom stereocenters. The highest BCUT2D eigenvalue weighted by Gasteiger charge is 2.31. The highest BCUT2D eigenvalue weighted by molar-refractivity contribution is 7.89. The number of hydrogen-bond donors (Lipinski definition) is 1. The Labute approximate surface area is 142 Å². The molecule has 2 rings (SSSR count). The van der Waals surface area contributed by atoms with Gasteiger partial charge >= 0.3 is 0 Å². The normalized spacial score (nSPS) is 18.0. The second kappa shape index (κ2) is 7.85. The molecule has 1 amide bonds. The Morgan fingerprint density at radius 2 is 2.08 bits per heavy atom. The number of primary sulfonamides is 1. The van der Waals surface area contributed by atoms with Crippen molar-refractivity contribution in [2.24, 2.45) is 11.1 Å². The van der Waals surface area contributed by atoms with Crippen molar-refractivity contribution in [3.8, 4) is 11.5 Å². The van der Waals surface area contributed by atoms with Crippen LogP contribution in [-0.4, -0.2) is 51.8 Å². The van der Waals surface area contributed by atoms with E-state index in [2.05, 4.69) is 0 Å². The molecule has 0 aromatic heterocycles. The zero-order valence-electron chi connectivity index (χ0n) is 14.0. The smallest absolute Gasteiger partial charge is 0.222 e. The summed E-state index contributed by atoms with van der Waals surface area (Å²) >= 11 is 0. The van der Waals surface area contributed by atoms with Crippen LogP contribution in [0.2, 0.25) is 0 Å². The number of carbonyl (C=O) groups excluding carboxylic acids is 1. The van der Waals surface area contributed by atoms with Gasteiger partial charge < -0.3 is 14.4 Å². The van der Waals surface area contributed by atoms with Crippen LogP contribution in [0.5, 0.6) is 11.5 Å². The molecule has 1 heterocycles. The highest BCUT2D eigenvalue weighted by Crippen LogP contribution is 2.28. The minimum absolute atomic E-state index is 0.0263. The standard InChI is InChI=1S/C16H24N2O5S/c1-3-23-14-5-4-12(8-15(14)22-2)6-7-18-10-13(9-16(18)19)11-24(17,20)21/h4-5,8,13H,3,6-7,9-11H2,1-2H3,(H2,17,20,21). The van der Waals surface area contributed by atoms with Gasteiger partial charge in [-0.1, -0.05) is 6.07 Å². The topological polar surface area (TPSA) is 98.9 Å². The second-order valence-corrected chi connectivity index (χ2v) is 7.57. The van der Waals surface area contributed by atoms with Crippen LogP contribution in [0, 0.1) is 5.92 Å². The zero-order chi connectivity index (χ0) is 17.7. The van der Waals surface area contributed by atoms with Gasteiger partial charge in [0.15, 0.2) is 11.5 Å². The number of nitrogens with two attached hydrogens (primary N) is 1. The lowest BCUT2D eigenvalue weighted by Crippen LogP contribution is -2.29. The Hall–Kier alpha value is -1.80. The number of sulfonamides is 1. The van der Waals surface area contributed by atoms with Crippen LogP contribution < -0.4 is 14.6 Å². The maximum Gasteiger partial charge on any atom is 0.222 e. The molecule has 1 atom stereocenters. The number of rotatable bonds is 8. The third kappa shape index (κ3) is 5.10. The molecule has 2 N–H and O–H groups in total. The third-order valence-corrected chi connectivity index (χ3v) is 4.90. The lowest BCUT2D eigenvalue weighted by atomic mass is 10.1. The molecule has 0 radical (unpaired) electrons. The average molecular weight is 356 g/mol. The molecule has 1 saturated heterocycles. The number of methoxy groups -OCH3 is 1. The molecule has 0 aliphatic carbocycles. The molecule has 1 aliphatic heterocycles. The van der Waals surface area contributed by atoms with E-state index in [1.807, 2.05) is 25.1 Å². The van der Waals surface area contributed by atoms with Crippen molar-refractivity contribution >= 4 is 15.9 Å². The van der Waals surface area contributed by atoms with E-state index in [0.29, 0.717) is 37.6 Å². The minimum Gasteiger partial charge on any atom is -0.493 e. The van der Waals surface area contributed by atoms with Crippen molar-refractivity contribution in [3.05, 3.63) is 23.8 Å². The van der Waals surface area contributed by atoms with Gasteiger partial charge in [0.2, 0.25) is 15.9 Å². The van der Waals surface area contributed by atoms with E-state index in [0.717, 1.165) is 5.56 Å². The number of amides is 1. The zero-order valence-corrected chi connectivity index (χ0v) is 14.8. The van der Waals surface area contributed by atoms with Crippen LogP contribution in [0.25, 0.3) is 0 Å². The molecular formula is C16H24N2O5S. The molecule has 7 nitrogen and oxygen atoms in total. The lowest BCUT2D eigenvalue weighted by molar-refractivity contribution is -0.127. The fourth-order valence-electron chi connectivity index (χ4n) is 2.92. The Bertz CT molecular complexity index is 690. The summed E-state index contributed by atoms with van der Waals surface area (Å²) in [6.45, 7) is 3.44. The largest absolute Gasteiger partial charge is 0.493 e. The summed E-state index contributed by atoms with van der Waals surface area (Å²) in [6.07, 6.45) is 0.902. The summed E-state index contributed by atoms with van der Waals surface area (Å²) in [6, 6.07) is 5.69. The summed E-state index contributed by atoms with van der Waals surface area (Å²) in [5, 5.41) is 5.06. The van der Waals surface area contributed by atoms with Crippen molar-refractivity contribution in [1.29, 1.82) is 0 Å². The SMILES string of the molecule is CCOc1ccc(CCN2CC(CS(N)(=O)=O)CC2=O)cc1OC. The van der Waals surface area contributed by atoms with E-state index >= 15 is 0 Å². The number of nitrogens with zero attached hydrogens (tertiary/aromatic N) is 1. The van der Waals surface area contributed by atoms with Gasteiger partial charge in [0.1, 0.15) is 0 Å². The Kier molecular flexibility index (Phi) is 6.06. The van der Waals surface area contributed by atoms with Crippen molar-refractivity contribution in [1.82, 2.24) is 4.90 Å². The van der Waals surface area contributed by atoms with Gasteiger partial charge in [0, 0.05) is 25.4 Å². The molecule has 24 heavy (non-hydrogen) atoms. The predicted octanol–water partition coefficient (Wildman–Crippen LogP) is 0.773. The van der Waals surface area contributed by atoms with E-state index in [9.17, 15) is 13.2 Å². The van der Waals surface area contributed by atoms with Crippen LogP contribution in [0.15, 0.2) is 18.2 Å². The Balaban J connectivity index is 1.94. The van der Waals surface area contributed by atoms with Crippen molar-refractivity contribution in [2.75, 3.05) is 32.6 Å². The maximum absolute atomic E-state index is 12.0. The Morgan fingerprint density at radius 1 is 1.33 bits per heavy atom. The number of ether oxygens (including phenoxy) is 2. The minimum atomic E-state index is -3.55. The van der Waals surface area contributed by atoms with Gasteiger partial charge in [-0.15, -0.1) is 0 Å². The molecular weight excluding hydrogens is 332 g/mol. The van der Waals surface area contributed by atoms with E-state index in [-0.39, 0.29) is 24.0 Å². The average Bonchev–Trinajstić information content (AvgIpc) is 2.84. The lowest BCUT2D eigenvalue weighted by Gasteiger charge is -2.17. The van der Waals surface area contributed by atoms with Crippen LogP contribution in [0.1, 0.15) is 18.9 Å². The summed E-state index contributed by atoms with van der Waals surface area (Å²) in [4.78, 5) is 13.7. The highest BCUT2D eigenvalue weighted by atomic mass is 32.2. The molecule has 0 saturated carbocycles. The predicted molar refractivity (Wildman–Crippen MR) is 90.5 cm³/mol. The van der Waals surface area contributed by atoms with Gasteiger partial charge in [0.25, 0.3) is 0 Å². The quantitative estimate of drug-likeness (QED) is 0.742. The molecule has 1 aromatic rings. The maximum atomic E-state index is 12.0. The van der Waals surface area contributed by atoms with Gasteiger partial charge in [-0.3, -0.25) is 4.79 Å². The first kappa shape index (κ1) is 18.5. The van der Waals surface area contributed by atoms with E-state index in [4.69, 9.17) is 14.6 Å². The number of likely N-dealkylation sites (tertiary alicyclic amines) is 1. The van der Waals surface area contributed by atoms with Crippen LogP contribution in [0.4, 0.5) is 0 Å². The first-order valence-corrected chi connectivity index (χ1v) is 9.62. The summed E-state index contributed by atoms with van der Waals surface area (Å²) in [5.74, 6) is 0.957.